The molecule has 0 bridgehead atoms. The van der Waals surface area contributed by atoms with Crippen LogP contribution < -0.4 is 0 Å². The molecule has 1 rings (SSSR count). The van der Waals surface area contributed by atoms with Crippen LogP contribution in [0.5, 0.6) is 0 Å². The Kier molecular flexibility index (Phi) is 5.18. The van der Waals surface area contributed by atoms with E-state index in [1.165, 1.54) is 6.92 Å². The smallest absolute Gasteiger partial charge is 0.419 e. The summed E-state index contributed by atoms with van der Waals surface area (Å²) in [6.45, 7) is 6.40. The number of ether oxygens (including phenoxy) is 1. The highest BCUT2D eigenvalue weighted by Gasteiger charge is 2.60. The highest BCUT2D eigenvalue weighted by molar-refractivity contribution is 5.69. The molecule has 1 saturated heterocycles. The van der Waals surface area contributed by atoms with Gasteiger partial charge in [0.2, 0.25) is 0 Å². The lowest BCUT2D eigenvalue weighted by atomic mass is 9.84. The van der Waals surface area contributed by atoms with Crippen molar-refractivity contribution in [3.05, 3.63) is 0 Å². The molecule has 1 fully saturated rings. The van der Waals surface area contributed by atoms with Gasteiger partial charge in [0, 0.05) is 6.54 Å². The minimum absolute atomic E-state index is 0.114. The van der Waals surface area contributed by atoms with Gasteiger partial charge in [-0.25, -0.2) is 4.79 Å². The van der Waals surface area contributed by atoms with Crippen LogP contribution >= 0.6 is 0 Å². The van der Waals surface area contributed by atoms with Crippen molar-refractivity contribution < 1.29 is 27.8 Å². The third-order valence-corrected chi connectivity index (χ3v) is 3.71. The van der Waals surface area contributed by atoms with E-state index >= 15 is 0 Å². The Labute approximate surface area is 123 Å². The fraction of sp³-hybridized carbons (Fsp3) is 0.929. The van der Waals surface area contributed by atoms with Crippen LogP contribution in [0.15, 0.2) is 0 Å². The third-order valence-electron chi connectivity index (χ3n) is 3.71. The Hall–Kier alpha value is -0.980. The minimum Gasteiger partial charge on any atom is -0.444 e. The number of hydrogen-bond donors (Lipinski definition) is 1. The van der Waals surface area contributed by atoms with E-state index < -0.39 is 35.9 Å². The van der Waals surface area contributed by atoms with Crippen LogP contribution in [0.3, 0.4) is 0 Å². The van der Waals surface area contributed by atoms with Crippen molar-refractivity contribution in [3.8, 4) is 0 Å². The number of carbonyl (C=O) groups excluding carboxylic acids is 1. The molecule has 2 atom stereocenters. The molecule has 124 valence electrons. The third kappa shape index (κ3) is 4.02. The van der Waals surface area contributed by atoms with E-state index in [1.54, 1.807) is 20.8 Å². The molecule has 0 aliphatic carbocycles. The first-order valence-electron chi connectivity index (χ1n) is 7.21. The number of hydrogen-bond acceptors (Lipinski definition) is 3. The molecule has 7 heteroatoms. The molecule has 0 aromatic heterocycles. The van der Waals surface area contributed by atoms with Crippen LogP contribution in [-0.4, -0.2) is 46.1 Å². The number of piperidine rings is 1. The summed E-state index contributed by atoms with van der Waals surface area (Å²) in [6.07, 6.45) is -4.83. The van der Waals surface area contributed by atoms with Crippen molar-refractivity contribution in [1.29, 1.82) is 0 Å². The molecule has 1 heterocycles. The molecule has 0 aromatic carbocycles. The molecule has 1 amide bonds. The predicted molar refractivity (Wildman–Crippen MR) is 71.9 cm³/mol. The summed E-state index contributed by atoms with van der Waals surface area (Å²) in [5.41, 5.74) is -3.69. The zero-order valence-corrected chi connectivity index (χ0v) is 13.0. The van der Waals surface area contributed by atoms with Crippen molar-refractivity contribution in [2.24, 2.45) is 0 Å². The highest BCUT2D eigenvalue weighted by Crippen LogP contribution is 2.41. The maximum absolute atomic E-state index is 13.2. The molecule has 1 aliphatic rings. The number of likely N-dealkylation sites (tertiary alicyclic amines) is 1. The van der Waals surface area contributed by atoms with Gasteiger partial charge in [0.25, 0.3) is 0 Å². The van der Waals surface area contributed by atoms with Gasteiger partial charge in [-0.2, -0.15) is 13.2 Å². The second kappa shape index (κ2) is 6.02. The van der Waals surface area contributed by atoms with E-state index in [0.717, 1.165) is 4.90 Å². The lowest BCUT2D eigenvalue weighted by Gasteiger charge is -2.45. The van der Waals surface area contributed by atoms with Crippen molar-refractivity contribution in [1.82, 2.24) is 4.90 Å². The lowest BCUT2D eigenvalue weighted by molar-refractivity contribution is -0.282. The molecule has 4 nitrogen and oxygen atoms in total. The van der Waals surface area contributed by atoms with Crippen molar-refractivity contribution in [2.45, 2.75) is 76.8 Å². The highest BCUT2D eigenvalue weighted by atomic mass is 19.4. The molecule has 0 spiro atoms. The molecular weight excluding hydrogens is 287 g/mol. The maximum Gasteiger partial charge on any atom is 0.419 e. The maximum atomic E-state index is 13.2. The average Bonchev–Trinajstić information content (AvgIpc) is 2.34. The van der Waals surface area contributed by atoms with Gasteiger partial charge in [0.1, 0.15) is 5.60 Å². The van der Waals surface area contributed by atoms with Crippen LogP contribution in [0.25, 0.3) is 0 Å². The second-order valence-corrected chi connectivity index (χ2v) is 6.46. The number of nitrogens with zero attached hydrogens (tertiary/aromatic N) is 1. The summed E-state index contributed by atoms with van der Waals surface area (Å²) < 4.78 is 44.9. The van der Waals surface area contributed by atoms with Gasteiger partial charge in [0.15, 0.2) is 5.60 Å². The van der Waals surface area contributed by atoms with E-state index in [-0.39, 0.29) is 13.0 Å². The molecular formula is C14H24F3NO3. The van der Waals surface area contributed by atoms with E-state index in [4.69, 9.17) is 4.74 Å². The fourth-order valence-corrected chi connectivity index (χ4v) is 2.59. The van der Waals surface area contributed by atoms with E-state index in [9.17, 15) is 23.1 Å². The standard InChI is InChI=1S/C14H24F3NO3/c1-5-13(20,14(15,16)17)10-8-6-7-9-18(10)11(19)21-12(2,3)4/h10,20H,5-9H2,1-4H3/t10-,13+/m0/s1. The van der Waals surface area contributed by atoms with Crippen molar-refractivity contribution >= 4 is 6.09 Å². The zero-order valence-electron chi connectivity index (χ0n) is 13.0. The lowest BCUT2D eigenvalue weighted by Crippen LogP contribution is -2.63. The summed E-state index contributed by atoms with van der Waals surface area (Å²) in [5, 5.41) is 10.1. The van der Waals surface area contributed by atoms with Gasteiger partial charge in [-0.15, -0.1) is 0 Å². The van der Waals surface area contributed by atoms with Gasteiger partial charge in [0.05, 0.1) is 6.04 Å². The van der Waals surface area contributed by atoms with E-state index in [0.29, 0.717) is 12.8 Å². The topological polar surface area (TPSA) is 49.8 Å². The quantitative estimate of drug-likeness (QED) is 0.849. The van der Waals surface area contributed by atoms with Crippen LogP contribution in [0.1, 0.15) is 53.4 Å². The molecule has 21 heavy (non-hydrogen) atoms. The fourth-order valence-electron chi connectivity index (χ4n) is 2.59. The number of carbonyl (C=O) groups is 1. The zero-order chi connectivity index (χ0) is 16.5. The Bertz CT molecular complexity index is 379. The Morgan fingerprint density at radius 2 is 1.86 bits per heavy atom. The van der Waals surface area contributed by atoms with Gasteiger partial charge in [-0.1, -0.05) is 6.92 Å². The molecule has 1 aliphatic heterocycles. The van der Waals surface area contributed by atoms with Gasteiger partial charge >= 0.3 is 12.3 Å². The van der Waals surface area contributed by atoms with Crippen LogP contribution in [0, 0.1) is 0 Å². The first kappa shape index (κ1) is 18.1. The average molecular weight is 311 g/mol. The number of rotatable bonds is 2. The van der Waals surface area contributed by atoms with Crippen LogP contribution in [0.2, 0.25) is 0 Å². The predicted octanol–water partition coefficient (Wildman–Crippen LogP) is 3.48. The van der Waals surface area contributed by atoms with Gasteiger partial charge < -0.3 is 14.7 Å². The Balaban J connectivity index is 3.04. The van der Waals surface area contributed by atoms with E-state index in [2.05, 4.69) is 0 Å². The molecule has 0 aromatic rings. The number of aliphatic hydroxyl groups is 1. The van der Waals surface area contributed by atoms with Gasteiger partial charge in [-0.3, -0.25) is 0 Å². The Morgan fingerprint density at radius 1 is 1.29 bits per heavy atom. The Morgan fingerprint density at radius 3 is 2.29 bits per heavy atom. The normalized spacial score (nSPS) is 23.6. The summed E-state index contributed by atoms with van der Waals surface area (Å²) >= 11 is 0. The monoisotopic (exact) mass is 311 g/mol. The largest absolute Gasteiger partial charge is 0.444 e. The second-order valence-electron chi connectivity index (χ2n) is 6.46. The number of amides is 1. The molecule has 0 unspecified atom stereocenters. The number of halogens is 3. The number of alkyl halides is 3. The van der Waals surface area contributed by atoms with Gasteiger partial charge in [-0.05, 0) is 46.5 Å². The minimum atomic E-state index is -4.79. The molecule has 0 saturated carbocycles. The van der Waals surface area contributed by atoms with Crippen LogP contribution in [-0.2, 0) is 4.74 Å². The molecule has 0 radical (unpaired) electrons. The SMILES string of the molecule is CC[C@@](O)([C@@H]1CCCCN1C(=O)OC(C)(C)C)C(F)(F)F. The molecule has 1 N–H and O–H groups in total. The summed E-state index contributed by atoms with van der Waals surface area (Å²) in [4.78, 5) is 13.2. The van der Waals surface area contributed by atoms with Crippen molar-refractivity contribution in [2.75, 3.05) is 6.54 Å². The first-order valence-corrected chi connectivity index (χ1v) is 7.21. The van der Waals surface area contributed by atoms with Crippen LogP contribution in [0.4, 0.5) is 18.0 Å². The summed E-state index contributed by atoms with van der Waals surface area (Å²) in [6, 6.07) is -1.30. The summed E-state index contributed by atoms with van der Waals surface area (Å²) in [7, 11) is 0. The first-order chi connectivity index (χ1) is 9.42. The van der Waals surface area contributed by atoms with Crippen molar-refractivity contribution in [3.63, 3.8) is 0 Å². The summed E-state index contributed by atoms with van der Waals surface area (Å²) in [5.74, 6) is 0. The van der Waals surface area contributed by atoms with E-state index in [1.807, 2.05) is 0 Å².